The summed E-state index contributed by atoms with van der Waals surface area (Å²) in [4.78, 5) is 21.0. The number of rotatable bonds is 2. The fourth-order valence-electron chi connectivity index (χ4n) is 0.992. The van der Waals surface area contributed by atoms with E-state index in [1.165, 1.54) is 5.32 Å². The van der Waals surface area contributed by atoms with Crippen LogP contribution in [-0.4, -0.2) is 28.3 Å². The fraction of sp³-hybridized carbons (Fsp3) is 0.111. The van der Waals surface area contributed by atoms with Gasteiger partial charge in [-0.15, -0.1) is 0 Å². The van der Waals surface area contributed by atoms with E-state index in [-0.39, 0.29) is 5.69 Å². The number of benzene rings is 1. The van der Waals surface area contributed by atoms with Gasteiger partial charge in [-0.1, -0.05) is 0 Å². The largest absolute Gasteiger partial charge is 0.507 e. The minimum Gasteiger partial charge on any atom is -0.507 e. The minimum absolute atomic E-state index is 0.352. The van der Waals surface area contributed by atoms with Crippen molar-refractivity contribution in [2.24, 2.45) is 0 Å². The predicted octanol–water partition coefficient (Wildman–Crippen LogP) is 1.59. The van der Waals surface area contributed by atoms with Crippen LogP contribution in [-0.2, 0) is 4.79 Å². The second-order valence-corrected chi connectivity index (χ2v) is 2.99. The summed E-state index contributed by atoms with van der Waals surface area (Å²) in [7, 11) is 0. The Bertz CT molecular complexity index is 470. The highest BCUT2D eigenvalue weighted by atomic mass is 19.4. The molecule has 0 aliphatic carbocycles. The van der Waals surface area contributed by atoms with E-state index in [4.69, 9.17) is 10.2 Å². The highest BCUT2D eigenvalue weighted by Crippen LogP contribution is 2.24. The van der Waals surface area contributed by atoms with E-state index in [1.54, 1.807) is 0 Å². The number of amides is 1. The van der Waals surface area contributed by atoms with Gasteiger partial charge >= 0.3 is 18.1 Å². The number of hydrogen-bond donors (Lipinski definition) is 3. The first-order valence-corrected chi connectivity index (χ1v) is 4.16. The Hall–Kier alpha value is -2.25. The third kappa shape index (κ3) is 3.10. The highest BCUT2D eigenvalue weighted by molar-refractivity contribution is 5.96. The number of carbonyl (C=O) groups excluding carboxylic acids is 1. The summed E-state index contributed by atoms with van der Waals surface area (Å²) < 4.78 is 35.6. The monoisotopic (exact) mass is 249 g/mol. The summed E-state index contributed by atoms with van der Waals surface area (Å²) in [6.07, 6.45) is -5.05. The van der Waals surface area contributed by atoms with E-state index < -0.39 is 29.4 Å². The van der Waals surface area contributed by atoms with E-state index in [0.29, 0.717) is 6.07 Å². The molecule has 1 amide bonds. The van der Waals surface area contributed by atoms with Crippen LogP contribution in [0, 0.1) is 0 Å². The molecule has 3 N–H and O–H groups in total. The molecule has 0 atom stereocenters. The zero-order valence-electron chi connectivity index (χ0n) is 8.08. The molecule has 0 heterocycles. The van der Waals surface area contributed by atoms with Gasteiger partial charge in [0.15, 0.2) is 0 Å². The molecule has 0 spiro atoms. The van der Waals surface area contributed by atoms with Crippen molar-refractivity contribution in [3.8, 4) is 5.75 Å². The third-order valence-electron chi connectivity index (χ3n) is 1.74. The lowest BCUT2D eigenvalue weighted by atomic mass is 10.2. The molecule has 0 radical (unpaired) electrons. The van der Waals surface area contributed by atoms with E-state index in [9.17, 15) is 22.8 Å². The molecule has 0 unspecified atom stereocenters. The van der Waals surface area contributed by atoms with Gasteiger partial charge in [-0.25, -0.2) is 4.79 Å². The van der Waals surface area contributed by atoms with Crippen LogP contribution in [0.15, 0.2) is 18.2 Å². The average molecular weight is 249 g/mol. The Kier molecular flexibility index (Phi) is 3.26. The molecule has 5 nitrogen and oxygen atoms in total. The van der Waals surface area contributed by atoms with Crippen molar-refractivity contribution in [1.29, 1.82) is 0 Å². The smallest absolute Gasteiger partial charge is 0.471 e. The molecule has 92 valence electrons. The molecular weight excluding hydrogens is 243 g/mol. The number of hydrogen-bond acceptors (Lipinski definition) is 3. The minimum atomic E-state index is -5.05. The van der Waals surface area contributed by atoms with Crippen LogP contribution in [0.2, 0.25) is 0 Å². The lowest BCUT2D eigenvalue weighted by Crippen LogP contribution is -2.29. The molecule has 0 saturated carbocycles. The number of aromatic carboxylic acids is 1. The Balaban J connectivity index is 2.92. The van der Waals surface area contributed by atoms with Gasteiger partial charge in [0.05, 0.1) is 0 Å². The van der Waals surface area contributed by atoms with Crippen molar-refractivity contribution in [3.05, 3.63) is 23.8 Å². The topological polar surface area (TPSA) is 86.6 Å². The van der Waals surface area contributed by atoms with E-state index in [1.807, 2.05) is 0 Å². The molecular formula is C9H6F3NO4. The normalized spacial score (nSPS) is 11.0. The number of halogens is 3. The van der Waals surface area contributed by atoms with Crippen LogP contribution in [0.25, 0.3) is 0 Å². The molecule has 0 bridgehead atoms. The number of carbonyl (C=O) groups is 2. The first-order chi connectivity index (χ1) is 7.71. The van der Waals surface area contributed by atoms with Crippen molar-refractivity contribution >= 4 is 17.6 Å². The van der Waals surface area contributed by atoms with Crippen LogP contribution in [0.1, 0.15) is 10.4 Å². The molecule has 1 aromatic rings. The Morgan fingerprint density at radius 3 is 2.24 bits per heavy atom. The summed E-state index contributed by atoms with van der Waals surface area (Å²) in [6, 6.07) is 2.53. The molecule has 0 saturated heterocycles. The lowest BCUT2D eigenvalue weighted by Gasteiger charge is -2.08. The predicted molar refractivity (Wildman–Crippen MR) is 49.8 cm³/mol. The number of carboxylic acid groups (broad SMARTS) is 1. The zero-order chi connectivity index (χ0) is 13.2. The number of alkyl halides is 3. The third-order valence-corrected chi connectivity index (χ3v) is 1.74. The van der Waals surface area contributed by atoms with Gasteiger partial charge in [-0.2, -0.15) is 13.2 Å². The molecule has 17 heavy (non-hydrogen) atoms. The van der Waals surface area contributed by atoms with Gasteiger partial charge in [0.25, 0.3) is 0 Å². The van der Waals surface area contributed by atoms with Gasteiger partial charge < -0.3 is 15.5 Å². The van der Waals surface area contributed by atoms with Crippen LogP contribution in [0.3, 0.4) is 0 Å². The zero-order valence-corrected chi connectivity index (χ0v) is 8.08. The second-order valence-electron chi connectivity index (χ2n) is 2.99. The summed E-state index contributed by atoms with van der Waals surface area (Å²) in [5.41, 5.74) is -0.829. The maximum absolute atomic E-state index is 11.9. The van der Waals surface area contributed by atoms with Crippen molar-refractivity contribution in [2.75, 3.05) is 5.32 Å². The van der Waals surface area contributed by atoms with Crippen LogP contribution < -0.4 is 5.32 Å². The molecule has 0 fully saturated rings. The average Bonchev–Trinajstić information content (AvgIpc) is 2.15. The maximum Gasteiger partial charge on any atom is 0.471 e. The quantitative estimate of drug-likeness (QED) is 0.742. The summed E-state index contributed by atoms with van der Waals surface area (Å²) >= 11 is 0. The SMILES string of the molecule is O=C(O)c1ccc(NC(=O)C(F)(F)F)cc1O. The van der Waals surface area contributed by atoms with Gasteiger partial charge in [-0.3, -0.25) is 4.79 Å². The lowest BCUT2D eigenvalue weighted by molar-refractivity contribution is -0.167. The second kappa shape index (κ2) is 4.32. The number of aromatic hydroxyl groups is 1. The maximum atomic E-state index is 11.9. The van der Waals surface area contributed by atoms with E-state index in [2.05, 4.69) is 0 Å². The molecule has 1 aromatic carbocycles. The van der Waals surface area contributed by atoms with E-state index >= 15 is 0 Å². The summed E-state index contributed by atoms with van der Waals surface area (Å²) in [6.45, 7) is 0. The van der Waals surface area contributed by atoms with Gasteiger partial charge in [-0.05, 0) is 12.1 Å². The molecule has 1 rings (SSSR count). The highest BCUT2D eigenvalue weighted by Gasteiger charge is 2.38. The Labute approximate surface area is 92.5 Å². The summed E-state index contributed by atoms with van der Waals surface area (Å²) in [5, 5.41) is 19.2. The number of anilines is 1. The number of carboxylic acids is 1. The van der Waals surface area contributed by atoms with Crippen LogP contribution in [0.4, 0.5) is 18.9 Å². The van der Waals surface area contributed by atoms with Crippen molar-refractivity contribution in [3.63, 3.8) is 0 Å². The first kappa shape index (κ1) is 12.8. The van der Waals surface area contributed by atoms with Crippen LogP contribution in [0.5, 0.6) is 5.75 Å². The van der Waals surface area contributed by atoms with Crippen molar-refractivity contribution < 1.29 is 33.0 Å². The first-order valence-electron chi connectivity index (χ1n) is 4.16. The van der Waals surface area contributed by atoms with Crippen molar-refractivity contribution in [1.82, 2.24) is 0 Å². The molecule has 0 aliphatic rings. The number of phenols is 1. The van der Waals surface area contributed by atoms with Crippen molar-refractivity contribution in [2.45, 2.75) is 6.18 Å². The Morgan fingerprint density at radius 1 is 1.24 bits per heavy atom. The van der Waals surface area contributed by atoms with Gasteiger partial charge in [0.2, 0.25) is 0 Å². The Morgan fingerprint density at radius 2 is 1.82 bits per heavy atom. The van der Waals surface area contributed by atoms with Gasteiger partial charge in [0.1, 0.15) is 11.3 Å². The summed E-state index contributed by atoms with van der Waals surface area (Å²) in [5.74, 6) is -4.38. The fourth-order valence-corrected chi connectivity index (χ4v) is 0.992. The standard InChI is InChI=1S/C9H6F3NO4/c10-9(11,12)8(17)13-4-1-2-5(7(15)16)6(14)3-4/h1-3,14H,(H,13,17)(H,15,16). The molecule has 0 aromatic heterocycles. The van der Waals surface area contributed by atoms with E-state index in [0.717, 1.165) is 12.1 Å². The molecule has 8 heteroatoms. The van der Waals surface area contributed by atoms with Crippen LogP contribution >= 0.6 is 0 Å². The molecule has 0 aliphatic heterocycles. The van der Waals surface area contributed by atoms with Gasteiger partial charge in [0, 0.05) is 11.8 Å². The number of nitrogens with one attached hydrogen (secondary N) is 1.